The maximum absolute atomic E-state index is 12.6. The van der Waals surface area contributed by atoms with Crippen molar-refractivity contribution in [1.82, 2.24) is 9.46 Å². The van der Waals surface area contributed by atoms with E-state index in [1.54, 1.807) is 24.3 Å². The van der Waals surface area contributed by atoms with Crippen LogP contribution in [0.4, 0.5) is 0 Å². The molecule has 10 nitrogen and oxygen atoms in total. The van der Waals surface area contributed by atoms with E-state index in [0.29, 0.717) is 22.3 Å². The van der Waals surface area contributed by atoms with Crippen molar-refractivity contribution in [1.29, 1.82) is 0 Å². The fourth-order valence-electron chi connectivity index (χ4n) is 4.49. The molecular formula is C32H26N4O6. The molecule has 0 aliphatic rings. The zero-order chi connectivity index (χ0) is 29.6. The minimum atomic E-state index is -0.849. The molecule has 0 aliphatic carbocycles. The molecular weight excluding hydrogens is 536 g/mol. The quantitative estimate of drug-likeness (QED) is 0.267. The van der Waals surface area contributed by atoms with Crippen LogP contribution in [-0.4, -0.2) is 21.3 Å². The molecule has 42 heavy (non-hydrogen) atoms. The van der Waals surface area contributed by atoms with E-state index < -0.39 is 22.9 Å². The van der Waals surface area contributed by atoms with Gasteiger partial charge in [-0.25, -0.2) is 0 Å². The first-order valence-electron chi connectivity index (χ1n) is 12.9. The van der Waals surface area contributed by atoms with E-state index in [0.717, 1.165) is 20.6 Å². The number of amides is 2. The van der Waals surface area contributed by atoms with Gasteiger partial charge in [0.25, 0.3) is 22.9 Å². The van der Waals surface area contributed by atoms with Gasteiger partial charge in [0, 0.05) is 23.3 Å². The Labute approximate surface area is 239 Å². The van der Waals surface area contributed by atoms with Crippen molar-refractivity contribution in [2.75, 3.05) is 0 Å². The van der Waals surface area contributed by atoms with E-state index in [4.69, 9.17) is 21.1 Å². The lowest BCUT2D eigenvalue weighted by Gasteiger charge is -2.17. The molecule has 0 fully saturated rings. The van der Waals surface area contributed by atoms with Gasteiger partial charge < -0.3 is 21.1 Å². The molecule has 10 heteroatoms. The summed E-state index contributed by atoms with van der Waals surface area (Å²) < 4.78 is 1.79. The summed E-state index contributed by atoms with van der Waals surface area (Å²) >= 11 is 0. The second-order valence-electron chi connectivity index (χ2n) is 9.28. The zero-order valence-electron chi connectivity index (χ0n) is 22.3. The molecule has 0 saturated carbocycles. The lowest BCUT2D eigenvalue weighted by atomic mass is 9.98. The topological polar surface area (TPSA) is 149 Å². The molecule has 0 bridgehead atoms. The van der Waals surface area contributed by atoms with Crippen LogP contribution in [0.5, 0.6) is 0 Å². The average Bonchev–Trinajstić information content (AvgIpc) is 3.00. The monoisotopic (exact) mass is 562 g/mol. The largest absolute Gasteiger partial charge is 0.405 e. The smallest absolute Gasteiger partial charge is 0.283 e. The number of primary amides is 2. The van der Waals surface area contributed by atoms with E-state index in [1.807, 2.05) is 60.7 Å². The van der Waals surface area contributed by atoms with Gasteiger partial charge in [0.2, 0.25) is 0 Å². The Balaban J connectivity index is 1.50. The van der Waals surface area contributed by atoms with Gasteiger partial charge in [-0.1, -0.05) is 84.9 Å². The Hall–Kier alpha value is -5.90. The number of pyridine rings is 2. The lowest BCUT2D eigenvalue weighted by molar-refractivity contribution is 0.0734. The molecule has 0 atom stereocenters. The Morgan fingerprint density at radius 2 is 0.881 bits per heavy atom. The van der Waals surface area contributed by atoms with Crippen LogP contribution in [0.1, 0.15) is 32.1 Å². The number of nitrogens with zero attached hydrogens (tertiary/aromatic N) is 2. The van der Waals surface area contributed by atoms with Gasteiger partial charge in [0.1, 0.15) is 13.2 Å². The average molecular weight is 563 g/mol. The van der Waals surface area contributed by atoms with Crippen molar-refractivity contribution in [2.45, 2.75) is 13.2 Å². The molecule has 0 spiro atoms. The molecule has 0 unspecified atom stereocenters. The fraction of sp³-hybridized carbons (Fsp3) is 0.0625. The Kier molecular flexibility index (Phi) is 7.96. The lowest BCUT2D eigenvalue weighted by Crippen LogP contribution is -2.34. The summed E-state index contributed by atoms with van der Waals surface area (Å²) in [6.07, 6.45) is 0. The van der Waals surface area contributed by atoms with Gasteiger partial charge in [0.15, 0.2) is 11.4 Å². The molecule has 0 saturated heterocycles. The van der Waals surface area contributed by atoms with Crippen LogP contribution >= 0.6 is 0 Å². The van der Waals surface area contributed by atoms with Crippen LogP contribution < -0.4 is 32.3 Å². The molecule has 210 valence electrons. The summed E-state index contributed by atoms with van der Waals surface area (Å²) in [7, 11) is 0. The van der Waals surface area contributed by atoms with Gasteiger partial charge >= 0.3 is 0 Å². The second kappa shape index (κ2) is 12.1. The molecule has 2 heterocycles. The van der Waals surface area contributed by atoms with Crippen molar-refractivity contribution in [3.63, 3.8) is 0 Å². The highest BCUT2D eigenvalue weighted by Gasteiger charge is 2.21. The first-order valence-corrected chi connectivity index (χ1v) is 12.9. The summed E-state index contributed by atoms with van der Waals surface area (Å²) in [5, 5.41) is 0. The summed E-state index contributed by atoms with van der Waals surface area (Å²) in [6, 6.07) is 30.7. The van der Waals surface area contributed by atoms with Crippen LogP contribution in [0.3, 0.4) is 0 Å². The van der Waals surface area contributed by atoms with Crippen molar-refractivity contribution in [3.8, 4) is 22.3 Å². The molecule has 2 amide bonds. The predicted octanol–water partition coefficient (Wildman–Crippen LogP) is 2.80. The Morgan fingerprint density at radius 1 is 0.524 bits per heavy atom. The van der Waals surface area contributed by atoms with Crippen LogP contribution in [0.25, 0.3) is 22.3 Å². The normalized spacial score (nSPS) is 10.7. The number of nitrogens with two attached hydrogens (primary N) is 2. The van der Waals surface area contributed by atoms with Gasteiger partial charge in [-0.3, -0.25) is 19.2 Å². The minimum Gasteiger partial charge on any atom is -0.405 e. The van der Waals surface area contributed by atoms with Crippen molar-refractivity contribution >= 4 is 11.8 Å². The van der Waals surface area contributed by atoms with Crippen molar-refractivity contribution in [2.24, 2.45) is 11.5 Å². The van der Waals surface area contributed by atoms with E-state index in [1.165, 1.54) is 24.3 Å². The van der Waals surface area contributed by atoms with Crippen LogP contribution in [0.15, 0.2) is 119 Å². The van der Waals surface area contributed by atoms with E-state index >= 15 is 0 Å². The summed E-state index contributed by atoms with van der Waals surface area (Å²) in [4.78, 5) is 61.7. The molecule has 0 radical (unpaired) electrons. The zero-order valence-corrected chi connectivity index (χ0v) is 22.3. The van der Waals surface area contributed by atoms with E-state index in [2.05, 4.69) is 0 Å². The maximum atomic E-state index is 12.6. The van der Waals surface area contributed by atoms with Crippen LogP contribution in [0, 0.1) is 0 Å². The first-order chi connectivity index (χ1) is 20.3. The second-order valence-corrected chi connectivity index (χ2v) is 9.28. The molecule has 4 N–H and O–H groups in total. The number of carbonyl (C=O) groups is 2. The maximum Gasteiger partial charge on any atom is 0.283 e. The molecule has 0 aliphatic heterocycles. The first kappa shape index (κ1) is 27.7. The highest BCUT2D eigenvalue weighted by Crippen LogP contribution is 2.28. The number of hydrogen-bond donors (Lipinski definition) is 2. The molecule has 2 aromatic heterocycles. The fourth-order valence-corrected chi connectivity index (χ4v) is 4.49. The van der Waals surface area contributed by atoms with Gasteiger partial charge in [-0.2, -0.15) is 0 Å². The number of benzene rings is 3. The standard InChI is InChI=1S/C32H26N4O6/c33-31(39)29-25(15-17-27(37)35(29)41-19-21-7-3-1-4-8-21)23-11-13-24(14-12-23)26-16-18-28(38)36(30(26)32(34)40)42-20-22-9-5-2-6-10-22/h1-18H,19-20H2,(H2,33,39)(H2,34,40). The van der Waals surface area contributed by atoms with Crippen LogP contribution in [0.2, 0.25) is 0 Å². The number of rotatable bonds is 10. The third-order valence-electron chi connectivity index (χ3n) is 6.48. The SMILES string of the molecule is NC(=O)c1c(-c2ccc(-c3ccc(=O)n(OCc4ccccc4)c3C(N)=O)cc2)ccc(=O)n1OCc1ccccc1. The Morgan fingerprint density at radius 3 is 1.21 bits per heavy atom. The van der Waals surface area contributed by atoms with Crippen LogP contribution in [-0.2, 0) is 13.2 Å². The predicted molar refractivity (Wildman–Crippen MR) is 156 cm³/mol. The van der Waals surface area contributed by atoms with E-state index in [-0.39, 0.29) is 24.6 Å². The number of aromatic nitrogens is 2. The van der Waals surface area contributed by atoms with E-state index in [9.17, 15) is 19.2 Å². The van der Waals surface area contributed by atoms with Crippen molar-refractivity contribution in [3.05, 3.63) is 152 Å². The number of carbonyl (C=O) groups excluding carboxylic acids is 2. The summed E-state index contributed by atoms with van der Waals surface area (Å²) in [5.74, 6) is -1.70. The van der Waals surface area contributed by atoms with Crippen molar-refractivity contribution < 1.29 is 19.3 Å². The van der Waals surface area contributed by atoms with Gasteiger partial charge in [-0.15, -0.1) is 9.46 Å². The Bertz CT molecular complexity index is 1730. The highest BCUT2D eigenvalue weighted by molar-refractivity contribution is 5.99. The molecule has 5 aromatic rings. The minimum absolute atomic E-state index is 0.0430. The van der Waals surface area contributed by atoms with Gasteiger partial charge in [-0.05, 0) is 34.4 Å². The third kappa shape index (κ3) is 5.82. The molecule has 3 aromatic carbocycles. The summed E-state index contributed by atoms with van der Waals surface area (Å²) in [5.41, 5.74) is 13.5. The highest BCUT2D eigenvalue weighted by atomic mass is 16.7. The summed E-state index contributed by atoms with van der Waals surface area (Å²) in [6.45, 7) is 0.0860. The van der Waals surface area contributed by atoms with Gasteiger partial charge in [0.05, 0.1) is 0 Å². The third-order valence-corrected chi connectivity index (χ3v) is 6.48. The molecule has 5 rings (SSSR count). The number of hydrogen-bond acceptors (Lipinski definition) is 6.